The molecule has 1 spiro atoms. The molecule has 3 aromatic rings. The highest BCUT2D eigenvalue weighted by Crippen LogP contribution is 2.65. The van der Waals surface area contributed by atoms with Crippen molar-refractivity contribution in [1.82, 2.24) is 0 Å². The molecule has 1 heterocycles. The van der Waals surface area contributed by atoms with Gasteiger partial charge >= 0.3 is 0 Å². The zero-order chi connectivity index (χ0) is 26.2. The number of fused-ring (bicyclic) bond motifs is 7. The highest BCUT2D eigenvalue weighted by atomic mass is 32.2. The first-order chi connectivity index (χ1) is 17.6. The predicted molar refractivity (Wildman–Crippen MR) is 160 cm³/mol. The molecule has 0 radical (unpaired) electrons. The predicted octanol–water partition coefficient (Wildman–Crippen LogP) is 8.33. The van der Waals surface area contributed by atoms with Crippen LogP contribution in [0.15, 0.2) is 46.2 Å². The lowest BCUT2D eigenvalue weighted by Crippen LogP contribution is -2.43. The van der Waals surface area contributed by atoms with Gasteiger partial charge in [0, 0.05) is 33.7 Å². The number of morpholine rings is 1. The molecule has 1 N–H and O–H groups in total. The van der Waals surface area contributed by atoms with Gasteiger partial charge in [-0.15, -0.1) is 23.5 Å². The number of aromatic hydroxyl groups is 1. The second kappa shape index (κ2) is 8.86. The number of nitrogens with zero attached hydrogens (tertiary/aromatic N) is 1. The molecule has 3 aromatic carbocycles. The van der Waals surface area contributed by atoms with E-state index in [-0.39, 0.29) is 16.2 Å². The van der Waals surface area contributed by atoms with Gasteiger partial charge in [0.15, 0.2) is 0 Å². The fourth-order valence-corrected chi connectivity index (χ4v) is 9.28. The Hall–Kier alpha value is -1.82. The van der Waals surface area contributed by atoms with Crippen LogP contribution in [0.1, 0.15) is 58.1 Å². The highest BCUT2D eigenvalue weighted by molar-refractivity contribution is 7.99. The summed E-state index contributed by atoms with van der Waals surface area (Å²) in [7, 11) is 0. The van der Waals surface area contributed by atoms with Crippen LogP contribution in [0, 0.1) is 10.8 Å². The molecule has 2 aliphatic carbocycles. The molecule has 2 fully saturated rings. The van der Waals surface area contributed by atoms with Gasteiger partial charge in [-0.05, 0) is 101 Å². The van der Waals surface area contributed by atoms with Crippen LogP contribution in [0.25, 0.3) is 21.9 Å². The Labute approximate surface area is 230 Å². The fraction of sp³-hybridized carbons (Fsp3) is 0.500. The van der Waals surface area contributed by atoms with Crippen molar-refractivity contribution in [2.75, 3.05) is 43.7 Å². The molecule has 1 saturated heterocycles. The second-order valence-corrected chi connectivity index (χ2v) is 14.6. The first-order valence-electron chi connectivity index (χ1n) is 13.5. The maximum absolute atomic E-state index is 11.6. The van der Waals surface area contributed by atoms with Crippen LogP contribution in [0.3, 0.4) is 0 Å². The van der Waals surface area contributed by atoms with Crippen molar-refractivity contribution in [3.8, 4) is 16.9 Å². The number of rotatable bonds is 3. The minimum atomic E-state index is -0.0876. The number of ether oxygens (including phenoxy) is 1. The summed E-state index contributed by atoms with van der Waals surface area (Å²) < 4.78 is 5.62. The Balaban J connectivity index is 1.66. The Morgan fingerprint density at radius 3 is 2.16 bits per heavy atom. The minimum absolute atomic E-state index is 0.0876. The van der Waals surface area contributed by atoms with Crippen LogP contribution in [-0.2, 0) is 10.2 Å². The summed E-state index contributed by atoms with van der Waals surface area (Å²) in [6.07, 6.45) is 7.76. The summed E-state index contributed by atoms with van der Waals surface area (Å²) in [6, 6.07) is 13.8. The van der Waals surface area contributed by atoms with E-state index in [1.165, 1.54) is 49.5 Å². The number of phenolic OH excluding ortho intramolecular Hbond substituents is 1. The van der Waals surface area contributed by atoms with Crippen molar-refractivity contribution in [2.24, 2.45) is 10.8 Å². The van der Waals surface area contributed by atoms with Crippen LogP contribution in [-0.4, -0.2) is 43.9 Å². The second-order valence-electron chi connectivity index (χ2n) is 12.8. The molecule has 6 rings (SSSR count). The summed E-state index contributed by atoms with van der Waals surface area (Å²) in [5, 5.41) is 13.8. The lowest BCUT2D eigenvalue weighted by Gasteiger charge is -2.51. The summed E-state index contributed by atoms with van der Waals surface area (Å²) in [4.78, 5) is 5.00. The average Bonchev–Trinajstić information content (AvgIpc) is 3.09. The molecule has 5 heteroatoms. The largest absolute Gasteiger partial charge is 0.507 e. The zero-order valence-electron chi connectivity index (χ0n) is 23.0. The first-order valence-corrected chi connectivity index (χ1v) is 15.9. The Bertz CT molecular complexity index is 1370. The normalized spacial score (nSPS) is 21.3. The Kier molecular flexibility index (Phi) is 6.09. The molecule has 37 heavy (non-hydrogen) atoms. The van der Waals surface area contributed by atoms with Crippen molar-refractivity contribution in [2.45, 2.75) is 62.2 Å². The number of thioether (sulfide) groups is 2. The third kappa shape index (κ3) is 4.08. The van der Waals surface area contributed by atoms with E-state index in [2.05, 4.69) is 81.5 Å². The molecule has 3 aliphatic rings. The maximum Gasteiger partial charge on any atom is 0.123 e. The molecule has 0 unspecified atom stereocenters. The maximum atomic E-state index is 11.6. The van der Waals surface area contributed by atoms with Crippen LogP contribution in [0.4, 0.5) is 5.69 Å². The fourth-order valence-electron chi connectivity index (χ4n) is 8.21. The SMILES string of the molecule is CSc1ccc2c(c1)C1(CC(C)(C)CC(C)(C)C1)c1cc(O)c3cc(N4CCOCC4)c(SC)cc3c1-2. The quantitative estimate of drug-likeness (QED) is 0.342. The molecule has 1 aliphatic heterocycles. The smallest absolute Gasteiger partial charge is 0.123 e. The Morgan fingerprint density at radius 1 is 0.811 bits per heavy atom. The van der Waals surface area contributed by atoms with Crippen LogP contribution >= 0.6 is 23.5 Å². The van der Waals surface area contributed by atoms with Gasteiger partial charge in [0.05, 0.1) is 18.9 Å². The summed E-state index contributed by atoms with van der Waals surface area (Å²) in [5.74, 6) is 0.411. The van der Waals surface area contributed by atoms with Gasteiger partial charge < -0.3 is 14.7 Å². The summed E-state index contributed by atoms with van der Waals surface area (Å²) in [6.45, 7) is 13.0. The number of anilines is 1. The number of phenols is 1. The van der Waals surface area contributed by atoms with E-state index < -0.39 is 0 Å². The molecule has 3 nitrogen and oxygen atoms in total. The Morgan fingerprint density at radius 2 is 1.51 bits per heavy atom. The lowest BCUT2D eigenvalue weighted by atomic mass is 9.52. The third-order valence-electron chi connectivity index (χ3n) is 8.81. The number of hydrogen-bond acceptors (Lipinski definition) is 5. The molecular weight excluding hydrogens is 494 g/mol. The van der Waals surface area contributed by atoms with Gasteiger partial charge in [0.25, 0.3) is 0 Å². The van der Waals surface area contributed by atoms with E-state index in [1.54, 1.807) is 11.8 Å². The third-order valence-corrected chi connectivity index (χ3v) is 10.3. The van der Waals surface area contributed by atoms with Crippen molar-refractivity contribution in [3.05, 3.63) is 47.5 Å². The highest BCUT2D eigenvalue weighted by Gasteiger charge is 2.53. The van der Waals surface area contributed by atoms with E-state index in [0.29, 0.717) is 5.75 Å². The number of benzene rings is 3. The van der Waals surface area contributed by atoms with Gasteiger partial charge in [-0.1, -0.05) is 33.8 Å². The van der Waals surface area contributed by atoms with Crippen LogP contribution < -0.4 is 4.90 Å². The minimum Gasteiger partial charge on any atom is -0.507 e. The van der Waals surface area contributed by atoms with Gasteiger partial charge in [-0.2, -0.15) is 0 Å². The molecule has 0 aromatic heterocycles. The zero-order valence-corrected chi connectivity index (χ0v) is 24.7. The van der Waals surface area contributed by atoms with Crippen LogP contribution in [0.5, 0.6) is 5.75 Å². The van der Waals surface area contributed by atoms with E-state index >= 15 is 0 Å². The summed E-state index contributed by atoms with van der Waals surface area (Å²) in [5.41, 5.74) is 7.05. The van der Waals surface area contributed by atoms with E-state index in [0.717, 1.165) is 44.5 Å². The van der Waals surface area contributed by atoms with Crippen LogP contribution in [0.2, 0.25) is 0 Å². The van der Waals surface area contributed by atoms with Gasteiger partial charge in [-0.3, -0.25) is 0 Å². The average molecular weight is 534 g/mol. The molecule has 0 atom stereocenters. The van der Waals surface area contributed by atoms with Gasteiger partial charge in [0.2, 0.25) is 0 Å². The van der Waals surface area contributed by atoms with Crippen molar-refractivity contribution in [1.29, 1.82) is 0 Å². The lowest BCUT2D eigenvalue weighted by molar-refractivity contribution is 0.0644. The van der Waals surface area contributed by atoms with E-state index in [1.807, 2.05) is 11.8 Å². The van der Waals surface area contributed by atoms with Gasteiger partial charge in [0.1, 0.15) is 5.75 Å². The van der Waals surface area contributed by atoms with Crippen molar-refractivity contribution >= 4 is 40.0 Å². The molecule has 196 valence electrons. The standard InChI is InChI=1S/C32H39NO2S2/c1-30(2)17-31(3,4)19-32(18-30)24-13-20(36-5)7-8-21(24)29-23-15-28(37-6)26(33-9-11-35-12-10-33)14-22(23)27(34)16-25(29)32/h7-8,13-16,34H,9-12,17-19H2,1-6H3. The first kappa shape index (κ1) is 25.5. The molecule has 0 amide bonds. The molecule has 0 bridgehead atoms. The molecule has 1 saturated carbocycles. The van der Waals surface area contributed by atoms with Crippen molar-refractivity contribution in [3.63, 3.8) is 0 Å². The topological polar surface area (TPSA) is 32.7 Å². The van der Waals surface area contributed by atoms with Gasteiger partial charge in [-0.25, -0.2) is 0 Å². The summed E-state index contributed by atoms with van der Waals surface area (Å²) >= 11 is 3.62. The molecular formula is C32H39NO2S2. The van der Waals surface area contributed by atoms with Crippen molar-refractivity contribution < 1.29 is 9.84 Å². The number of hydrogen-bond donors (Lipinski definition) is 1. The monoisotopic (exact) mass is 533 g/mol. The van der Waals surface area contributed by atoms with E-state index in [9.17, 15) is 5.11 Å². The van der Waals surface area contributed by atoms with E-state index in [4.69, 9.17) is 4.74 Å².